The highest BCUT2D eigenvalue weighted by atomic mass is 16.7. The number of Topliss-reactive ketones (excluding diaryl/α,β-unsaturated/α-hetero) is 1. The summed E-state index contributed by atoms with van der Waals surface area (Å²) in [7, 11) is 2.77. The van der Waals surface area contributed by atoms with Crippen molar-refractivity contribution in [2.75, 3.05) is 20.8 Å². The molecule has 18 heavy (non-hydrogen) atoms. The second-order valence-corrected chi connectivity index (χ2v) is 3.75. The SMILES string of the molecule is CCOC(=O)C(C(C)=O)C(CC=O)C(OC)OC. The number of aldehydes is 1. The van der Waals surface area contributed by atoms with E-state index in [1.165, 1.54) is 21.1 Å². The number of hydrogen-bond donors (Lipinski definition) is 0. The largest absolute Gasteiger partial charge is 0.465 e. The van der Waals surface area contributed by atoms with Crippen molar-refractivity contribution in [3.8, 4) is 0 Å². The van der Waals surface area contributed by atoms with Gasteiger partial charge in [0.2, 0.25) is 0 Å². The molecule has 0 saturated carbocycles. The van der Waals surface area contributed by atoms with Crippen molar-refractivity contribution in [2.24, 2.45) is 11.8 Å². The summed E-state index contributed by atoms with van der Waals surface area (Å²) in [5, 5.41) is 0. The summed E-state index contributed by atoms with van der Waals surface area (Å²) in [5.74, 6) is -2.77. The van der Waals surface area contributed by atoms with Crippen LogP contribution in [0.3, 0.4) is 0 Å². The number of carbonyl (C=O) groups excluding carboxylic acids is 3. The molecule has 6 heteroatoms. The summed E-state index contributed by atoms with van der Waals surface area (Å²) in [6.07, 6.45) is -0.200. The topological polar surface area (TPSA) is 78.9 Å². The van der Waals surface area contributed by atoms with E-state index in [9.17, 15) is 14.4 Å². The number of carbonyl (C=O) groups is 3. The fraction of sp³-hybridized carbons (Fsp3) is 0.750. The van der Waals surface area contributed by atoms with E-state index < -0.39 is 24.1 Å². The minimum Gasteiger partial charge on any atom is -0.465 e. The van der Waals surface area contributed by atoms with Gasteiger partial charge in [-0.2, -0.15) is 0 Å². The molecule has 0 heterocycles. The smallest absolute Gasteiger partial charge is 0.316 e. The average molecular weight is 260 g/mol. The van der Waals surface area contributed by atoms with E-state index in [2.05, 4.69) is 0 Å². The molecule has 0 aliphatic carbocycles. The van der Waals surface area contributed by atoms with E-state index in [1.54, 1.807) is 6.92 Å². The Balaban J connectivity index is 5.14. The van der Waals surface area contributed by atoms with Crippen molar-refractivity contribution in [2.45, 2.75) is 26.6 Å². The third kappa shape index (κ3) is 4.54. The van der Waals surface area contributed by atoms with E-state index in [1.807, 2.05) is 0 Å². The molecule has 0 radical (unpaired) electrons. The number of methoxy groups -OCH3 is 2. The van der Waals surface area contributed by atoms with Gasteiger partial charge in [0.15, 0.2) is 6.29 Å². The second-order valence-electron chi connectivity index (χ2n) is 3.75. The molecule has 6 nitrogen and oxygen atoms in total. The molecule has 0 fully saturated rings. The first-order valence-corrected chi connectivity index (χ1v) is 5.69. The van der Waals surface area contributed by atoms with Gasteiger partial charge < -0.3 is 19.0 Å². The van der Waals surface area contributed by atoms with Crippen LogP contribution >= 0.6 is 0 Å². The summed E-state index contributed by atoms with van der Waals surface area (Å²) in [5.41, 5.74) is 0. The number of esters is 1. The highest BCUT2D eigenvalue weighted by Gasteiger charge is 2.38. The van der Waals surface area contributed by atoms with Crippen LogP contribution in [0.1, 0.15) is 20.3 Å². The van der Waals surface area contributed by atoms with Crippen LogP contribution in [0.4, 0.5) is 0 Å². The van der Waals surface area contributed by atoms with Crippen molar-refractivity contribution in [1.29, 1.82) is 0 Å². The van der Waals surface area contributed by atoms with Gasteiger partial charge in [-0.05, 0) is 13.8 Å². The lowest BCUT2D eigenvalue weighted by molar-refractivity contribution is -0.175. The lowest BCUT2D eigenvalue weighted by atomic mass is 9.86. The van der Waals surface area contributed by atoms with Crippen LogP contribution in [0.15, 0.2) is 0 Å². The molecule has 0 spiro atoms. The summed E-state index contributed by atoms with van der Waals surface area (Å²) in [6, 6.07) is 0. The normalized spacial score (nSPS) is 14.1. The number of ether oxygens (including phenoxy) is 3. The molecule has 104 valence electrons. The van der Waals surface area contributed by atoms with Crippen LogP contribution in [-0.2, 0) is 28.6 Å². The highest BCUT2D eigenvalue weighted by Crippen LogP contribution is 2.24. The number of hydrogen-bond acceptors (Lipinski definition) is 6. The lowest BCUT2D eigenvalue weighted by Crippen LogP contribution is -2.40. The molecule has 2 unspecified atom stereocenters. The van der Waals surface area contributed by atoms with Crippen LogP contribution in [-0.4, -0.2) is 45.2 Å². The second kappa shape index (κ2) is 8.77. The van der Waals surface area contributed by atoms with E-state index in [4.69, 9.17) is 14.2 Å². The van der Waals surface area contributed by atoms with Crippen LogP contribution in [0, 0.1) is 11.8 Å². The van der Waals surface area contributed by atoms with E-state index in [0.717, 1.165) is 0 Å². The standard InChI is InChI=1S/C12H20O6/c1-5-18-11(15)10(8(2)14)9(6-7-13)12(16-3)17-4/h7,9-10,12H,5-6H2,1-4H3. The summed E-state index contributed by atoms with van der Waals surface area (Å²) < 4.78 is 14.9. The zero-order valence-corrected chi connectivity index (χ0v) is 11.2. The Labute approximate surface area is 107 Å². The monoisotopic (exact) mass is 260 g/mol. The van der Waals surface area contributed by atoms with Gasteiger partial charge in [0.1, 0.15) is 18.0 Å². The molecule has 0 N–H and O–H groups in total. The minimum absolute atomic E-state index is 0.0184. The molecular formula is C12H20O6. The molecule has 0 aliphatic rings. The van der Waals surface area contributed by atoms with Crippen molar-refractivity contribution in [3.63, 3.8) is 0 Å². The Hall–Kier alpha value is -1.27. The Kier molecular flexibility index (Phi) is 8.15. The third-order valence-corrected chi connectivity index (χ3v) is 2.59. The molecule has 0 aromatic heterocycles. The van der Waals surface area contributed by atoms with Crippen molar-refractivity contribution >= 4 is 18.0 Å². The van der Waals surface area contributed by atoms with Crippen LogP contribution in [0.2, 0.25) is 0 Å². The Morgan fingerprint density at radius 2 is 1.78 bits per heavy atom. The summed E-state index contributed by atoms with van der Waals surface area (Å²) in [6.45, 7) is 3.09. The summed E-state index contributed by atoms with van der Waals surface area (Å²) in [4.78, 5) is 34.0. The first kappa shape index (κ1) is 16.7. The van der Waals surface area contributed by atoms with Gasteiger partial charge in [0, 0.05) is 26.6 Å². The third-order valence-electron chi connectivity index (χ3n) is 2.59. The quantitative estimate of drug-likeness (QED) is 0.261. The fourth-order valence-electron chi connectivity index (χ4n) is 1.84. The molecule has 2 atom stereocenters. The van der Waals surface area contributed by atoms with Gasteiger partial charge in [-0.1, -0.05) is 0 Å². The van der Waals surface area contributed by atoms with Gasteiger partial charge in [0.25, 0.3) is 0 Å². The molecule has 0 aliphatic heterocycles. The predicted molar refractivity (Wildman–Crippen MR) is 62.8 cm³/mol. The van der Waals surface area contributed by atoms with Crippen molar-refractivity contribution in [3.05, 3.63) is 0 Å². The molecule has 0 amide bonds. The first-order valence-electron chi connectivity index (χ1n) is 5.69. The molecule has 0 bridgehead atoms. The Morgan fingerprint density at radius 1 is 1.22 bits per heavy atom. The Bertz CT molecular complexity index is 284. The maximum atomic E-state index is 11.8. The van der Waals surface area contributed by atoms with Gasteiger partial charge in [0.05, 0.1) is 6.61 Å². The van der Waals surface area contributed by atoms with E-state index >= 15 is 0 Å². The highest BCUT2D eigenvalue weighted by molar-refractivity contribution is 5.98. The maximum absolute atomic E-state index is 11.8. The molecule has 0 saturated heterocycles. The Morgan fingerprint density at radius 3 is 2.11 bits per heavy atom. The zero-order chi connectivity index (χ0) is 14.1. The minimum atomic E-state index is -1.06. The van der Waals surface area contributed by atoms with Crippen molar-refractivity contribution in [1.82, 2.24) is 0 Å². The molecule has 0 aromatic rings. The molecule has 0 rings (SSSR count). The lowest BCUT2D eigenvalue weighted by Gasteiger charge is -2.27. The van der Waals surface area contributed by atoms with Gasteiger partial charge in [-0.15, -0.1) is 0 Å². The number of ketones is 1. The van der Waals surface area contributed by atoms with Crippen LogP contribution in [0.5, 0.6) is 0 Å². The van der Waals surface area contributed by atoms with Crippen LogP contribution in [0.25, 0.3) is 0 Å². The van der Waals surface area contributed by atoms with Crippen LogP contribution < -0.4 is 0 Å². The zero-order valence-electron chi connectivity index (χ0n) is 11.2. The molecular weight excluding hydrogens is 240 g/mol. The van der Waals surface area contributed by atoms with Gasteiger partial charge in [-0.25, -0.2) is 0 Å². The first-order chi connectivity index (χ1) is 8.53. The summed E-state index contributed by atoms with van der Waals surface area (Å²) >= 11 is 0. The van der Waals surface area contributed by atoms with E-state index in [-0.39, 0.29) is 18.8 Å². The van der Waals surface area contributed by atoms with Gasteiger partial charge in [-0.3, -0.25) is 9.59 Å². The van der Waals surface area contributed by atoms with Gasteiger partial charge >= 0.3 is 5.97 Å². The van der Waals surface area contributed by atoms with E-state index in [0.29, 0.717) is 6.29 Å². The average Bonchev–Trinajstić information content (AvgIpc) is 2.30. The van der Waals surface area contributed by atoms with Crippen molar-refractivity contribution < 1.29 is 28.6 Å². The predicted octanol–water partition coefficient (Wildman–Crippen LogP) is 0.579. The number of rotatable bonds is 9. The molecule has 0 aromatic carbocycles. The fourth-order valence-corrected chi connectivity index (χ4v) is 1.84. The maximum Gasteiger partial charge on any atom is 0.316 e.